The fourth-order valence-electron chi connectivity index (χ4n) is 2.30. The molecule has 0 spiro atoms. The van der Waals surface area contributed by atoms with Crippen LogP contribution in [0.25, 0.3) is 0 Å². The van der Waals surface area contributed by atoms with Crippen molar-refractivity contribution in [3.05, 3.63) is 40.4 Å². The Hall–Kier alpha value is -2.37. The van der Waals surface area contributed by atoms with E-state index in [1.54, 1.807) is 11.6 Å². The minimum Gasteiger partial charge on any atom is -0.355 e. The number of ketones is 1. The van der Waals surface area contributed by atoms with Gasteiger partial charge in [-0.1, -0.05) is 12.1 Å². The fraction of sp³-hybridized carbons (Fsp3) is 0.375. The summed E-state index contributed by atoms with van der Waals surface area (Å²) in [5.41, 5.74) is 0.420. The summed E-state index contributed by atoms with van der Waals surface area (Å²) in [6, 6.07) is 5.59. The molecule has 1 amide bonds. The van der Waals surface area contributed by atoms with E-state index in [2.05, 4.69) is 15.5 Å². The van der Waals surface area contributed by atoms with E-state index in [-0.39, 0.29) is 17.2 Å². The number of aromatic nitrogens is 3. The maximum Gasteiger partial charge on any atom is 0.243 e. The van der Waals surface area contributed by atoms with Crippen molar-refractivity contribution < 1.29 is 18.0 Å². The Balaban J connectivity index is 1.93. The Bertz CT molecular complexity index is 993. The van der Waals surface area contributed by atoms with Crippen LogP contribution in [0.2, 0.25) is 0 Å². The molecule has 2 aromatic rings. The number of carbonyl (C=O) groups is 2. The number of sulfonamides is 1. The van der Waals surface area contributed by atoms with Crippen LogP contribution >= 0.6 is 12.2 Å². The van der Waals surface area contributed by atoms with Crippen LogP contribution in [0.1, 0.15) is 23.1 Å². The van der Waals surface area contributed by atoms with Crippen LogP contribution in [0.3, 0.4) is 0 Å². The molecule has 0 saturated carbocycles. The van der Waals surface area contributed by atoms with Gasteiger partial charge < -0.3 is 9.88 Å². The highest BCUT2D eigenvalue weighted by Crippen LogP contribution is 2.15. The lowest BCUT2D eigenvalue weighted by molar-refractivity contribution is -0.121. The van der Waals surface area contributed by atoms with Gasteiger partial charge in [0.05, 0.1) is 11.4 Å². The van der Waals surface area contributed by atoms with Crippen LogP contribution in [0, 0.1) is 4.77 Å². The molecule has 0 bridgehead atoms. The predicted octanol–water partition coefficient (Wildman–Crippen LogP) is 0.660. The van der Waals surface area contributed by atoms with E-state index in [9.17, 15) is 18.0 Å². The van der Waals surface area contributed by atoms with Gasteiger partial charge in [0.1, 0.15) is 5.82 Å². The first-order valence-corrected chi connectivity index (χ1v) is 9.92. The van der Waals surface area contributed by atoms with Crippen LogP contribution in [-0.2, 0) is 28.3 Å². The first-order chi connectivity index (χ1) is 12.6. The molecule has 0 aliphatic heterocycles. The summed E-state index contributed by atoms with van der Waals surface area (Å²) in [7, 11) is -0.742. The number of nitrogens with zero attached hydrogens (tertiary/aromatic N) is 3. The van der Waals surface area contributed by atoms with Crippen LogP contribution in [0.4, 0.5) is 0 Å². The molecular weight excluding hydrogens is 390 g/mol. The van der Waals surface area contributed by atoms with Gasteiger partial charge in [-0.3, -0.25) is 14.7 Å². The molecule has 1 heterocycles. The monoisotopic (exact) mass is 411 g/mol. The molecule has 9 nitrogen and oxygen atoms in total. The zero-order valence-electron chi connectivity index (χ0n) is 15.2. The smallest absolute Gasteiger partial charge is 0.243 e. The highest BCUT2D eigenvalue weighted by molar-refractivity contribution is 7.89. The van der Waals surface area contributed by atoms with Gasteiger partial charge in [-0.2, -0.15) is 9.40 Å². The molecule has 0 aliphatic rings. The van der Waals surface area contributed by atoms with Gasteiger partial charge in [-0.25, -0.2) is 8.42 Å². The molecule has 0 radical (unpaired) electrons. The summed E-state index contributed by atoms with van der Waals surface area (Å²) in [5.74, 6) is 0.102. The number of amides is 1. The second kappa shape index (κ2) is 8.55. The minimum absolute atomic E-state index is 0.0179. The predicted molar refractivity (Wildman–Crippen MR) is 101 cm³/mol. The van der Waals surface area contributed by atoms with Gasteiger partial charge in [0.25, 0.3) is 0 Å². The first kappa shape index (κ1) is 20.9. The largest absolute Gasteiger partial charge is 0.355 e. The Kier molecular flexibility index (Phi) is 6.63. The zero-order valence-corrected chi connectivity index (χ0v) is 16.9. The molecule has 146 valence electrons. The highest BCUT2D eigenvalue weighted by Gasteiger charge is 2.23. The summed E-state index contributed by atoms with van der Waals surface area (Å²) in [6.07, 6.45) is 0.457. The number of H-pyrrole nitrogens is 1. The quantitative estimate of drug-likeness (QED) is 0.487. The number of nitrogens with one attached hydrogen (secondary N) is 2. The van der Waals surface area contributed by atoms with E-state index in [1.165, 1.54) is 38.2 Å². The Morgan fingerprint density at radius 2 is 1.93 bits per heavy atom. The number of Topliss-reactive ketones (excluding diaryl/α,β-unsaturated/α-hetero) is 1. The van der Waals surface area contributed by atoms with Crippen LogP contribution < -0.4 is 5.32 Å². The van der Waals surface area contributed by atoms with E-state index in [0.29, 0.717) is 29.1 Å². The standard InChI is InChI=1S/C16H21N5O4S2/c1-11(22)12-4-6-13(7-5-12)27(24,25)20(2)10-15(23)17-9-8-14-18-19-16(26)21(14)3/h4-7H,8-10H2,1-3H3,(H,17,23)(H,19,26). The number of hydrogen-bond acceptors (Lipinski definition) is 6. The van der Waals surface area contributed by atoms with Crippen molar-refractivity contribution in [1.29, 1.82) is 0 Å². The molecule has 2 rings (SSSR count). The molecule has 0 aliphatic carbocycles. The van der Waals surface area contributed by atoms with E-state index in [1.807, 2.05) is 0 Å². The van der Waals surface area contributed by atoms with Gasteiger partial charge in [0, 0.05) is 32.6 Å². The Labute approximate surface area is 162 Å². The third-order valence-electron chi connectivity index (χ3n) is 3.98. The van der Waals surface area contributed by atoms with Crippen LogP contribution in [0.5, 0.6) is 0 Å². The summed E-state index contributed by atoms with van der Waals surface area (Å²) < 4.78 is 28.2. The van der Waals surface area contributed by atoms with Crippen molar-refractivity contribution in [2.75, 3.05) is 20.1 Å². The van der Waals surface area contributed by atoms with E-state index >= 15 is 0 Å². The van der Waals surface area contributed by atoms with Gasteiger partial charge >= 0.3 is 0 Å². The number of carbonyl (C=O) groups excluding carboxylic acids is 2. The number of benzene rings is 1. The fourth-order valence-corrected chi connectivity index (χ4v) is 3.58. The molecule has 0 saturated heterocycles. The first-order valence-electron chi connectivity index (χ1n) is 8.07. The lowest BCUT2D eigenvalue weighted by Crippen LogP contribution is -2.39. The van der Waals surface area contributed by atoms with Gasteiger partial charge in [0.15, 0.2) is 10.6 Å². The molecule has 0 unspecified atom stereocenters. The van der Waals surface area contributed by atoms with Crippen molar-refractivity contribution in [3.63, 3.8) is 0 Å². The number of likely N-dealkylation sites (N-methyl/N-ethyl adjacent to an activating group) is 1. The topological polar surface area (TPSA) is 117 Å². The SMILES string of the molecule is CC(=O)c1ccc(S(=O)(=O)N(C)CC(=O)NCCc2n[nH]c(=S)n2C)cc1. The van der Waals surface area contributed by atoms with Crippen molar-refractivity contribution in [1.82, 2.24) is 24.4 Å². The molecule has 0 atom stereocenters. The van der Waals surface area contributed by atoms with Crippen LogP contribution in [-0.4, -0.2) is 59.3 Å². The molecular formula is C16H21N5O4S2. The van der Waals surface area contributed by atoms with Crippen LogP contribution in [0.15, 0.2) is 29.2 Å². The zero-order chi connectivity index (χ0) is 20.2. The van der Waals surface area contributed by atoms with Gasteiger partial charge in [-0.15, -0.1) is 0 Å². The normalized spacial score (nSPS) is 11.6. The third-order valence-corrected chi connectivity index (χ3v) is 6.16. The van der Waals surface area contributed by atoms with Gasteiger partial charge in [-0.05, 0) is 31.3 Å². The lowest BCUT2D eigenvalue weighted by atomic mass is 10.2. The Morgan fingerprint density at radius 1 is 1.30 bits per heavy atom. The number of rotatable bonds is 8. The van der Waals surface area contributed by atoms with Gasteiger partial charge in [0.2, 0.25) is 15.9 Å². The van der Waals surface area contributed by atoms with E-state index < -0.39 is 15.9 Å². The molecule has 1 aromatic carbocycles. The summed E-state index contributed by atoms with van der Waals surface area (Å²) >= 11 is 5.01. The number of aromatic amines is 1. The van der Waals surface area contributed by atoms with Crippen molar-refractivity contribution >= 4 is 33.9 Å². The third kappa shape index (κ3) is 5.08. The molecule has 11 heteroatoms. The minimum atomic E-state index is -3.83. The maximum absolute atomic E-state index is 12.5. The van der Waals surface area contributed by atoms with E-state index in [4.69, 9.17) is 12.2 Å². The lowest BCUT2D eigenvalue weighted by Gasteiger charge is -2.17. The molecule has 2 N–H and O–H groups in total. The maximum atomic E-state index is 12.5. The molecule has 27 heavy (non-hydrogen) atoms. The second-order valence-electron chi connectivity index (χ2n) is 5.95. The number of hydrogen-bond donors (Lipinski definition) is 2. The second-order valence-corrected chi connectivity index (χ2v) is 8.38. The molecule has 1 aromatic heterocycles. The van der Waals surface area contributed by atoms with Crippen molar-refractivity contribution in [2.45, 2.75) is 18.2 Å². The average Bonchev–Trinajstić information content (AvgIpc) is 2.93. The van der Waals surface area contributed by atoms with E-state index in [0.717, 1.165) is 4.31 Å². The molecule has 0 fully saturated rings. The van der Waals surface area contributed by atoms with Crippen molar-refractivity contribution in [2.24, 2.45) is 7.05 Å². The van der Waals surface area contributed by atoms with Crippen molar-refractivity contribution in [3.8, 4) is 0 Å². The highest BCUT2D eigenvalue weighted by atomic mass is 32.2. The summed E-state index contributed by atoms with van der Waals surface area (Å²) in [6.45, 7) is 1.38. The summed E-state index contributed by atoms with van der Waals surface area (Å²) in [5, 5.41) is 9.34. The summed E-state index contributed by atoms with van der Waals surface area (Å²) in [4.78, 5) is 23.3. The average molecular weight is 412 g/mol. The Morgan fingerprint density at radius 3 is 2.44 bits per heavy atom.